The molecule has 1 atom stereocenters. The van der Waals surface area contributed by atoms with Crippen LogP contribution in [0.15, 0.2) is 45.9 Å². The van der Waals surface area contributed by atoms with E-state index in [1.807, 2.05) is 43.4 Å². The molecule has 1 N–H and O–H groups in total. The molecular formula is C18H25IN4OS. The maximum atomic E-state index is 5.45. The Morgan fingerprint density at radius 3 is 2.92 bits per heavy atom. The predicted molar refractivity (Wildman–Crippen MR) is 116 cm³/mol. The van der Waals surface area contributed by atoms with E-state index in [0.717, 1.165) is 41.8 Å². The minimum atomic E-state index is 0. The fourth-order valence-corrected chi connectivity index (χ4v) is 3.97. The van der Waals surface area contributed by atoms with Gasteiger partial charge in [0.15, 0.2) is 11.7 Å². The molecule has 1 aromatic carbocycles. The summed E-state index contributed by atoms with van der Waals surface area (Å²) in [5, 5.41) is 8.26. The van der Waals surface area contributed by atoms with Gasteiger partial charge in [0.05, 0.1) is 6.54 Å². The Labute approximate surface area is 170 Å². The normalized spacial score (nSPS) is 17.9. The van der Waals surface area contributed by atoms with Gasteiger partial charge in [-0.05, 0) is 6.42 Å². The summed E-state index contributed by atoms with van der Waals surface area (Å²) in [5.41, 5.74) is 1.92. The van der Waals surface area contributed by atoms with Gasteiger partial charge in [-0.3, -0.25) is 4.99 Å². The van der Waals surface area contributed by atoms with Crippen LogP contribution >= 0.6 is 35.7 Å². The number of thioether (sulfide) groups is 1. The molecule has 0 radical (unpaired) electrons. The molecule has 1 aromatic heterocycles. The number of nitrogens with zero attached hydrogens (tertiary/aromatic N) is 3. The van der Waals surface area contributed by atoms with Crippen molar-refractivity contribution in [2.24, 2.45) is 4.99 Å². The van der Waals surface area contributed by atoms with E-state index in [4.69, 9.17) is 4.52 Å². The molecule has 1 fully saturated rings. The molecule has 1 unspecified atom stereocenters. The van der Waals surface area contributed by atoms with E-state index in [9.17, 15) is 0 Å². The van der Waals surface area contributed by atoms with Gasteiger partial charge < -0.3 is 14.7 Å². The minimum Gasteiger partial charge on any atom is -0.356 e. The summed E-state index contributed by atoms with van der Waals surface area (Å²) in [4.78, 5) is 6.76. The zero-order chi connectivity index (χ0) is 16.8. The molecule has 3 rings (SSSR count). The van der Waals surface area contributed by atoms with E-state index in [1.165, 1.54) is 6.42 Å². The first kappa shape index (κ1) is 20.1. The third-order valence-electron chi connectivity index (χ3n) is 4.15. The lowest BCUT2D eigenvalue weighted by atomic mass is 10.2. The number of nitrogens with one attached hydrogen (secondary N) is 1. The fraction of sp³-hybridized carbons (Fsp3) is 0.444. The van der Waals surface area contributed by atoms with Crippen LogP contribution in [0.5, 0.6) is 0 Å². The fourth-order valence-electron chi connectivity index (χ4n) is 2.79. The number of guanidine groups is 1. The van der Waals surface area contributed by atoms with E-state index in [0.29, 0.717) is 11.8 Å². The largest absolute Gasteiger partial charge is 0.356 e. The highest BCUT2D eigenvalue weighted by molar-refractivity contribution is 14.0. The molecule has 0 amide bonds. The Hall–Kier alpha value is -1.22. The van der Waals surface area contributed by atoms with Gasteiger partial charge in [-0.2, -0.15) is 11.8 Å². The SMILES string of the molecule is CCC1CN(C(=NC)NCc2cc(-c3ccccc3)on2)CCS1.I. The van der Waals surface area contributed by atoms with Crippen LogP contribution in [0.2, 0.25) is 0 Å². The molecule has 5 nitrogen and oxygen atoms in total. The van der Waals surface area contributed by atoms with Gasteiger partial charge in [0.1, 0.15) is 5.69 Å². The zero-order valence-corrected chi connectivity index (χ0v) is 17.8. The maximum absolute atomic E-state index is 5.45. The number of benzene rings is 1. The molecule has 1 aliphatic rings. The quantitative estimate of drug-likeness (QED) is 0.416. The highest BCUT2D eigenvalue weighted by atomic mass is 127. The van der Waals surface area contributed by atoms with E-state index in [2.05, 4.69) is 39.1 Å². The van der Waals surface area contributed by atoms with E-state index in [-0.39, 0.29) is 24.0 Å². The van der Waals surface area contributed by atoms with Gasteiger partial charge in [0.2, 0.25) is 0 Å². The molecule has 0 aliphatic carbocycles. The number of rotatable bonds is 4. The number of hydrogen-bond donors (Lipinski definition) is 1. The average molecular weight is 472 g/mol. The summed E-state index contributed by atoms with van der Waals surface area (Å²) in [6.45, 7) is 4.95. The summed E-state index contributed by atoms with van der Waals surface area (Å²) < 4.78 is 5.45. The summed E-state index contributed by atoms with van der Waals surface area (Å²) in [6, 6.07) is 12.0. The number of hydrogen-bond acceptors (Lipinski definition) is 4. The first-order valence-electron chi connectivity index (χ1n) is 8.38. The number of aliphatic imine (C=N–C) groups is 1. The summed E-state index contributed by atoms with van der Waals surface area (Å²) in [5.74, 6) is 2.89. The lowest BCUT2D eigenvalue weighted by Crippen LogP contribution is -2.47. The van der Waals surface area contributed by atoms with Crippen molar-refractivity contribution in [1.29, 1.82) is 0 Å². The molecule has 0 spiro atoms. The minimum absolute atomic E-state index is 0. The van der Waals surface area contributed by atoms with Crippen LogP contribution in [0.3, 0.4) is 0 Å². The Balaban J connectivity index is 0.00000225. The van der Waals surface area contributed by atoms with Gasteiger partial charge in [0.25, 0.3) is 0 Å². The van der Waals surface area contributed by atoms with Crippen LogP contribution in [0, 0.1) is 0 Å². The van der Waals surface area contributed by atoms with Crippen LogP contribution in [0.1, 0.15) is 19.0 Å². The van der Waals surface area contributed by atoms with Gasteiger partial charge in [-0.25, -0.2) is 0 Å². The molecule has 25 heavy (non-hydrogen) atoms. The van der Waals surface area contributed by atoms with Crippen molar-refractivity contribution in [2.75, 3.05) is 25.9 Å². The van der Waals surface area contributed by atoms with Crippen molar-refractivity contribution >= 4 is 41.7 Å². The second kappa shape index (κ2) is 10.1. The first-order chi connectivity index (χ1) is 11.8. The molecule has 136 valence electrons. The van der Waals surface area contributed by atoms with E-state index in [1.54, 1.807) is 0 Å². The highest BCUT2D eigenvalue weighted by Crippen LogP contribution is 2.22. The summed E-state index contributed by atoms with van der Waals surface area (Å²) in [7, 11) is 1.84. The topological polar surface area (TPSA) is 53.7 Å². The molecule has 2 heterocycles. The molecule has 1 aliphatic heterocycles. The Morgan fingerprint density at radius 1 is 1.40 bits per heavy atom. The van der Waals surface area contributed by atoms with Gasteiger partial charge >= 0.3 is 0 Å². The molecule has 7 heteroatoms. The van der Waals surface area contributed by atoms with Gasteiger partial charge in [-0.1, -0.05) is 42.4 Å². The second-order valence-electron chi connectivity index (χ2n) is 5.80. The number of aromatic nitrogens is 1. The molecular weight excluding hydrogens is 447 g/mol. The van der Waals surface area contributed by atoms with Crippen LogP contribution in [0.25, 0.3) is 11.3 Å². The van der Waals surface area contributed by atoms with Crippen LogP contribution in [-0.2, 0) is 6.54 Å². The lowest BCUT2D eigenvalue weighted by Gasteiger charge is -2.34. The van der Waals surface area contributed by atoms with Crippen molar-refractivity contribution in [3.05, 3.63) is 42.1 Å². The predicted octanol–water partition coefficient (Wildman–Crippen LogP) is 3.86. The monoisotopic (exact) mass is 472 g/mol. The standard InChI is InChI=1S/C18H24N4OS.HI/c1-3-16-13-22(9-10-24-16)18(19-2)20-12-15-11-17(23-21-15)14-7-5-4-6-8-14;/h4-8,11,16H,3,9-10,12-13H2,1-2H3,(H,19,20);1H. The van der Waals surface area contributed by atoms with Crippen molar-refractivity contribution in [1.82, 2.24) is 15.4 Å². The van der Waals surface area contributed by atoms with E-state index < -0.39 is 0 Å². The van der Waals surface area contributed by atoms with Gasteiger partial charge in [-0.15, -0.1) is 24.0 Å². The summed E-state index contributed by atoms with van der Waals surface area (Å²) >= 11 is 2.06. The van der Waals surface area contributed by atoms with Crippen LogP contribution in [0.4, 0.5) is 0 Å². The van der Waals surface area contributed by atoms with Gasteiger partial charge in [0, 0.05) is 42.8 Å². The van der Waals surface area contributed by atoms with Crippen molar-refractivity contribution < 1.29 is 4.52 Å². The van der Waals surface area contributed by atoms with Crippen molar-refractivity contribution in [3.63, 3.8) is 0 Å². The summed E-state index contributed by atoms with van der Waals surface area (Å²) in [6.07, 6.45) is 1.20. The Bertz CT molecular complexity index is 677. The molecule has 0 saturated carbocycles. The van der Waals surface area contributed by atoms with Crippen LogP contribution < -0.4 is 5.32 Å². The second-order valence-corrected chi connectivity index (χ2v) is 7.20. The highest BCUT2D eigenvalue weighted by Gasteiger charge is 2.21. The molecule has 1 saturated heterocycles. The average Bonchev–Trinajstić information content (AvgIpc) is 3.12. The molecule has 0 bridgehead atoms. The zero-order valence-electron chi connectivity index (χ0n) is 14.6. The van der Waals surface area contributed by atoms with E-state index >= 15 is 0 Å². The number of halogens is 1. The lowest BCUT2D eigenvalue weighted by molar-refractivity contribution is 0.402. The van der Waals surface area contributed by atoms with Crippen LogP contribution in [-0.4, -0.2) is 47.2 Å². The smallest absolute Gasteiger partial charge is 0.194 e. The Kier molecular flexibility index (Phi) is 8.08. The molecule has 2 aromatic rings. The maximum Gasteiger partial charge on any atom is 0.194 e. The first-order valence-corrected chi connectivity index (χ1v) is 9.43. The van der Waals surface area contributed by atoms with Crippen molar-refractivity contribution in [3.8, 4) is 11.3 Å². The third kappa shape index (κ3) is 5.37. The third-order valence-corrected chi connectivity index (χ3v) is 5.52. The van der Waals surface area contributed by atoms with Crippen molar-refractivity contribution in [2.45, 2.75) is 25.1 Å². The Morgan fingerprint density at radius 2 is 2.20 bits per heavy atom.